The molecule has 0 saturated carbocycles. The predicted molar refractivity (Wildman–Crippen MR) is 255 cm³/mol. The van der Waals surface area contributed by atoms with E-state index in [9.17, 15) is 0 Å². The first-order valence-corrected chi connectivity index (χ1v) is 27.1. The van der Waals surface area contributed by atoms with E-state index in [1.165, 1.54) is 326 Å². The van der Waals surface area contributed by atoms with Crippen LogP contribution in [0.3, 0.4) is 0 Å². The largest absolute Gasteiger partial charge is 1.00 e. The van der Waals surface area contributed by atoms with Gasteiger partial charge in [0.25, 0.3) is 0 Å². The van der Waals surface area contributed by atoms with Crippen LogP contribution in [0.25, 0.3) is 0 Å². The van der Waals surface area contributed by atoms with Crippen molar-refractivity contribution in [1.82, 2.24) is 0 Å². The molecule has 0 heterocycles. The van der Waals surface area contributed by atoms with Crippen LogP contribution in [0.15, 0.2) is 0 Å². The van der Waals surface area contributed by atoms with Gasteiger partial charge >= 0.3 is 0 Å². The molecule has 0 unspecified atom stereocenters. The van der Waals surface area contributed by atoms with Crippen molar-refractivity contribution in [3.8, 4) is 0 Å². The van der Waals surface area contributed by atoms with Gasteiger partial charge in [-0.1, -0.05) is 272 Å². The molecule has 340 valence electrons. The molecular formula is C54H112BrN. The molecule has 0 N–H and O–H groups in total. The van der Waals surface area contributed by atoms with Crippen LogP contribution in [0, 0.1) is 0 Å². The van der Waals surface area contributed by atoms with Crippen molar-refractivity contribution in [2.75, 3.05) is 26.2 Å². The Morgan fingerprint density at radius 1 is 0.161 bits per heavy atom. The second-order valence-corrected chi connectivity index (χ2v) is 19.1. The Hall–Kier alpha value is 0.440. The fourth-order valence-corrected chi connectivity index (χ4v) is 9.47. The lowest BCUT2D eigenvalue weighted by molar-refractivity contribution is -0.929. The highest BCUT2D eigenvalue weighted by molar-refractivity contribution is 4.57. The molecule has 0 bridgehead atoms. The summed E-state index contributed by atoms with van der Waals surface area (Å²) in [6.45, 7) is 15.3. The van der Waals surface area contributed by atoms with Crippen LogP contribution in [-0.2, 0) is 0 Å². The number of hydrogen-bond acceptors (Lipinski definition) is 0. The lowest BCUT2D eigenvalue weighted by Crippen LogP contribution is -3.00. The smallest absolute Gasteiger partial charge is 0.0786 e. The van der Waals surface area contributed by atoms with Gasteiger partial charge in [-0.05, 0) is 51.4 Å². The molecule has 2 heteroatoms. The maximum atomic E-state index is 2.34. The maximum Gasteiger partial charge on any atom is 0.0786 e. The average molecular weight is 855 g/mol. The van der Waals surface area contributed by atoms with Crippen molar-refractivity contribution in [1.29, 1.82) is 0 Å². The van der Waals surface area contributed by atoms with Gasteiger partial charge in [0.05, 0.1) is 26.2 Å². The summed E-state index contributed by atoms with van der Waals surface area (Å²) in [6.07, 6.45) is 67.7. The molecule has 0 saturated heterocycles. The zero-order chi connectivity index (χ0) is 39.9. The SMILES string of the molecule is CCCCCCCCCCCCCCCCCC[N+](CCCCCCCCCCCC)(CCCCCCCCCCCC)CCCCCCCCCCCC.[Br-]. The molecule has 0 rings (SSSR count). The van der Waals surface area contributed by atoms with E-state index < -0.39 is 0 Å². The molecular weight excluding hydrogens is 743 g/mol. The topological polar surface area (TPSA) is 0 Å². The fourth-order valence-electron chi connectivity index (χ4n) is 9.47. The summed E-state index contributed by atoms with van der Waals surface area (Å²) in [5.41, 5.74) is 0. The Balaban J connectivity index is 0. The summed E-state index contributed by atoms with van der Waals surface area (Å²) in [5, 5.41) is 0. The molecule has 0 atom stereocenters. The summed E-state index contributed by atoms with van der Waals surface area (Å²) in [4.78, 5) is 0. The van der Waals surface area contributed by atoms with Crippen LogP contribution >= 0.6 is 0 Å². The molecule has 0 fully saturated rings. The normalized spacial score (nSPS) is 11.8. The third-order valence-corrected chi connectivity index (χ3v) is 13.4. The molecule has 0 radical (unpaired) electrons. The van der Waals surface area contributed by atoms with Crippen molar-refractivity contribution in [2.24, 2.45) is 0 Å². The van der Waals surface area contributed by atoms with Crippen molar-refractivity contribution in [2.45, 2.75) is 323 Å². The van der Waals surface area contributed by atoms with Crippen LogP contribution in [0.5, 0.6) is 0 Å². The van der Waals surface area contributed by atoms with Gasteiger partial charge in [0.15, 0.2) is 0 Å². The van der Waals surface area contributed by atoms with E-state index in [1.54, 1.807) is 0 Å². The highest BCUT2D eigenvalue weighted by atomic mass is 79.9. The lowest BCUT2D eigenvalue weighted by Gasteiger charge is -2.40. The summed E-state index contributed by atoms with van der Waals surface area (Å²) in [6, 6.07) is 0. The van der Waals surface area contributed by atoms with Crippen LogP contribution in [0.1, 0.15) is 323 Å². The molecule has 0 amide bonds. The molecule has 0 spiro atoms. The number of rotatable bonds is 50. The summed E-state index contributed by atoms with van der Waals surface area (Å²) >= 11 is 0. The van der Waals surface area contributed by atoms with E-state index in [-0.39, 0.29) is 17.0 Å². The van der Waals surface area contributed by atoms with E-state index in [0.29, 0.717) is 0 Å². The second kappa shape index (κ2) is 51.6. The Labute approximate surface area is 369 Å². The molecule has 0 aliphatic rings. The average Bonchev–Trinajstić information content (AvgIpc) is 3.19. The number of hydrogen-bond donors (Lipinski definition) is 0. The Bertz CT molecular complexity index is 603. The summed E-state index contributed by atoms with van der Waals surface area (Å²) in [7, 11) is 0. The van der Waals surface area contributed by atoms with Crippen LogP contribution in [-0.4, -0.2) is 30.7 Å². The molecule has 0 aliphatic heterocycles. The van der Waals surface area contributed by atoms with E-state index >= 15 is 0 Å². The van der Waals surface area contributed by atoms with Gasteiger partial charge in [0, 0.05) is 0 Å². The lowest BCUT2D eigenvalue weighted by atomic mass is 10.0. The number of quaternary nitrogens is 1. The quantitative estimate of drug-likeness (QED) is 0.0422. The number of nitrogens with zero attached hydrogens (tertiary/aromatic N) is 1. The fraction of sp³-hybridized carbons (Fsp3) is 1.00. The Kier molecular flexibility index (Phi) is 53.9. The second-order valence-electron chi connectivity index (χ2n) is 19.1. The zero-order valence-electron chi connectivity index (χ0n) is 40.2. The van der Waals surface area contributed by atoms with Gasteiger partial charge in [-0.2, -0.15) is 0 Å². The van der Waals surface area contributed by atoms with Gasteiger partial charge in [-0.3, -0.25) is 0 Å². The van der Waals surface area contributed by atoms with Gasteiger partial charge in [-0.15, -0.1) is 0 Å². The third-order valence-electron chi connectivity index (χ3n) is 13.4. The zero-order valence-corrected chi connectivity index (χ0v) is 41.8. The van der Waals surface area contributed by atoms with Gasteiger partial charge in [-0.25, -0.2) is 0 Å². The molecule has 0 aromatic carbocycles. The first kappa shape index (κ1) is 58.5. The minimum Gasteiger partial charge on any atom is -1.00 e. The van der Waals surface area contributed by atoms with Crippen LogP contribution in [0.4, 0.5) is 0 Å². The third kappa shape index (κ3) is 45.5. The van der Waals surface area contributed by atoms with E-state index in [1.807, 2.05) is 0 Å². The Morgan fingerprint density at radius 3 is 0.393 bits per heavy atom. The standard InChI is InChI=1S/C54H112N.BrH/c1-5-9-13-17-21-25-29-30-31-32-33-34-38-42-46-50-54-55(51-47-43-39-35-26-22-18-14-10-6-2,52-48-44-40-36-27-23-19-15-11-7-3)53-49-45-41-37-28-24-20-16-12-8-4;/h5-54H2,1-4H3;1H/q+1;/p-1. The Morgan fingerprint density at radius 2 is 0.268 bits per heavy atom. The van der Waals surface area contributed by atoms with Crippen LogP contribution in [0.2, 0.25) is 0 Å². The first-order valence-electron chi connectivity index (χ1n) is 27.1. The molecule has 0 aromatic heterocycles. The highest BCUT2D eigenvalue weighted by Crippen LogP contribution is 2.22. The van der Waals surface area contributed by atoms with E-state index in [4.69, 9.17) is 0 Å². The van der Waals surface area contributed by atoms with Gasteiger partial charge < -0.3 is 21.5 Å². The number of halogens is 1. The highest BCUT2D eigenvalue weighted by Gasteiger charge is 2.25. The van der Waals surface area contributed by atoms with E-state index in [2.05, 4.69) is 27.7 Å². The minimum atomic E-state index is 0. The molecule has 0 aromatic rings. The molecule has 1 nitrogen and oxygen atoms in total. The van der Waals surface area contributed by atoms with Crippen molar-refractivity contribution >= 4 is 0 Å². The van der Waals surface area contributed by atoms with Crippen LogP contribution < -0.4 is 17.0 Å². The summed E-state index contributed by atoms with van der Waals surface area (Å²) < 4.78 is 1.49. The minimum absolute atomic E-state index is 0. The molecule has 56 heavy (non-hydrogen) atoms. The maximum absolute atomic E-state index is 2.34. The first-order chi connectivity index (χ1) is 27.2. The predicted octanol–water partition coefficient (Wildman–Crippen LogP) is 16.8. The van der Waals surface area contributed by atoms with Gasteiger partial charge in [0.2, 0.25) is 0 Å². The monoisotopic (exact) mass is 854 g/mol. The molecule has 0 aliphatic carbocycles. The van der Waals surface area contributed by atoms with Crippen molar-refractivity contribution in [3.05, 3.63) is 0 Å². The van der Waals surface area contributed by atoms with Crippen molar-refractivity contribution in [3.63, 3.8) is 0 Å². The van der Waals surface area contributed by atoms with Crippen molar-refractivity contribution < 1.29 is 21.5 Å². The van der Waals surface area contributed by atoms with E-state index in [0.717, 1.165) is 0 Å². The van der Waals surface area contributed by atoms with Gasteiger partial charge in [0.1, 0.15) is 0 Å². The number of unbranched alkanes of at least 4 members (excludes halogenated alkanes) is 42. The summed E-state index contributed by atoms with van der Waals surface area (Å²) in [5.74, 6) is 0.